The molecule has 4 nitrogen and oxygen atoms in total. The first kappa shape index (κ1) is 17.8. The van der Waals surface area contributed by atoms with E-state index in [1.54, 1.807) is 12.1 Å². The molecule has 1 saturated heterocycles. The SMILES string of the molecule is CN1CCN2c3c(cccc31)[C@@H]1CN(CCOc3ccc(F)cc3)CC[C@@]12C. The van der Waals surface area contributed by atoms with Gasteiger partial charge in [-0.2, -0.15) is 0 Å². The van der Waals surface area contributed by atoms with Crippen molar-refractivity contribution in [3.8, 4) is 5.75 Å². The van der Waals surface area contributed by atoms with Crippen LogP contribution in [-0.2, 0) is 0 Å². The fraction of sp³-hybridized carbons (Fsp3) is 0.478. The molecule has 0 aliphatic carbocycles. The number of fused-ring (bicyclic) bond motifs is 3. The highest BCUT2D eigenvalue weighted by molar-refractivity contribution is 5.81. The Morgan fingerprint density at radius 3 is 2.75 bits per heavy atom. The highest BCUT2D eigenvalue weighted by atomic mass is 19.1. The number of ether oxygens (including phenoxy) is 1. The maximum atomic E-state index is 13.0. The van der Waals surface area contributed by atoms with Gasteiger partial charge in [0.2, 0.25) is 0 Å². The molecule has 1 fully saturated rings. The Kier molecular flexibility index (Phi) is 4.23. The molecule has 2 aromatic carbocycles. The van der Waals surface area contributed by atoms with E-state index in [9.17, 15) is 4.39 Å². The van der Waals surface area contributed by atoms with Crippen molar-refractivity contribution >= 4 is 11.4 Å². The molecule has 3 aliphatic heterocycles. The summed E-state index contributed by atoms with van der Waals surface area (Å²) in [6, 6.07) is 13.1. The van der Waals surface area contributed by atoms with Crippen LogP contribution in [0.25, 0.3) is 0 Å². The minimum absolute atomic E-state index is 0.216. The summed E-state index contributed by atoms with van der Waals surface area (Å²) < 4.78 is 18.9. The standard InChI is InChI=1S/C23H28FN3O/c1-23-10-11-26(14-15-28-18-8-6-17(24)7-9-18)16-20(23)19-4-3-5-21-22(19)27(23)13-12-25(21)2/h3-9,20H,10-16H2,1-2H3/t20-,23-/m0/s1. The van der Waals surface area contributed by atoms with Crippen LogP contribution < -0.4 is 14.5 Å². The number of anilines is 2. The maximum absolute atomic E-state index is 13.0. The Morgan fingerprint density at radius 1 is 1.11 bits per heavy atom. The van der Waals surface area contributed by atoms with Crippen LogP contribution in [-0.4, -0.2) is 56.8 Å². The van der Waals surface area contributed by atoms with Gasteiger partial charge in [0, 0.05) is 51.2 Å². The summed E-state index contributed by atoms with van der Waals surface area (Å²) in [6.45, 7) is 8.36. The van der Waals surface area contributed by atoms with Crippen LogP contribution in [0, 0.1) is 5.82 Å². The second-order valence-electron chi connectivity index (χ2n) is 8.55. The van der Waals surface area contributed by atoms with E-state index in [0.717, 1.165) is 38.5 Å². The average Bonchev–Trinajstić information content (AvgIpc) is 2.96. The van der Waals surface area contributed by atoms with Gasteiger partial charge in [-0.25, -0.2) is 4.39 Å². The number of halogens is 1. The van der Waals surface area contributed by atoms with Crippen LogP contribution >= 0.6 is 0 Å². The number of piperidine rings is 1. The molecular weight excluding hydrogens is 353 g/mol. The Bertz CT molecular complexity index is 871. The number of hydrogen-bond donors (Lipinski definition) is 0. The molecule has 0 aromatic heterocycles. The lowest BCUT2D eigenvalue weighted by atomic mass is 9.78. The molecule has 0 bridgehead atoms. The topological polar surface area (TPSA) is 19.0 Å². The smallest absolute Gasteiger partial charge is 0.123 e. The van der Waals surface area contributed by atoms with E-state index >= 15 is 0 Å². The number of nitrogens with zero attached hydrogens (tertiary/aromatic N) is 3. The van der Waals surface area contributed by atoms with Gasteiger partial charge in [-0.3, -0.25) is 4.90 Å². The Hall–Kier alpha value is -2.27. The van der Waals surface area contributed by atoms with Gasteiger partial charge in [-0.05, 0) is 49.2 Å². The van der Waals surface area contributed by atoms with E-state index in [0.29, 0.717) is 12.5 Å². The lowest BCUT2D eigenvalue weighted by molar-refractivity contribution is 0.128. The van der Waals surface area contributed by atoms with Crippen LogP contribution in [0.1, 0.15) is 24.8 Å². The molecular formula is C23H28FN3O. The van der Waals surface area contributed by atoms with Crippen molar-refractivity contribution < 1.29 is 9.13 Å². The van der Waals surface area contributed by atoms with Crippen molar-refractivity contribution in [2.24, 2.45) is 0 Å². The third-order valence-electron chi connectivity index (χ3n) is 6.99. The van der Waals surface area contributed by atoms with Crippen molar-refractivity contribution in [3.05, 3.63) is 53.8 Å². The molecule has 5 rings (SSSR count). The van der Waals surface area contributed by atoms with Crippen molar-refractivity contribution in [1.82, 2.24) is 4.90 Å². The first-order valence-electron chi connectivity index (χ1n) is 10.3. The summed E-state index contributed by atoms with van der Waals surface area (Å²) in [4.78, 5) is 7.61. The quantitative estimate of drug-likeness (QED) is 0.803. The maximum Gasteiger partial charge on any atom is 0.123 e. The molecule has 0 spiro atoms. The molecule has 0 saturated carbocycles. The minimum atomic E-state index is -0.227. The third kappa shape index (κ3) is 2.75. The lowest BCUT2D eigenvalue weighted by Gasteiger charge is -2.49. The molecule has 0 unspecified atom stereocenters. The molecule has 0 amide bonds. The van der Waals surface area contributed by atoms with Crippen LogP contribution in [0.15, 0.2) is 42.5 Å². The van der Waals surface area contributed by atoms with Crippen LogP contribution in [0.2, 0.25) is 0 Å². The zero-order chi connectivity index (χ0) is 19.3. The van der Waals surface area contributed by atoms with Gasteiger partial charge in [0.25, 0.3) is 0 Å². The van der Waals surface area contributed by atoms with Gasteiger partial charge in [0.1, 0.15) is 18.2 Å². The van der Waals surface area contributed by atoms with Gasteiger partial charge in [0.15, 0.2) is 0 Å². The van der Waals surface area contributed by atoms with Gasteiger partial charge in [-0.15, -0.1) is 0 Å². The van der Waals surface area contributed by atoms with E-state index in [4.69, 9.17) is 4.74 Å². The molecule has 2 aromatic rings. The fourth-order valence-electron chi connectivity index (χ4n) is 5.31. The van der Waals surface area contributed by atoms with E-state index < -0.39 is 0 Å². The Morgan fingerprint density at radius 2 is 1.93 bits per heavy atom. The second-order valence-corrected chi connectivity index (χ2v) is 8.55. The third-order valence-corrected chi connectivity index (χ3v) is 6.99. The monoisotopic (exact) mass is 381 g/mol. The van der Waals surface area contributed by atoms with Crippen LogP contribution in [0.5, 0.6) is 5.75 Å². The number of likely N-dealkylation sites (tertiary alicyclic amines) is 1. The van der Waals surface area contributed by atoms with Crippen molar-refractivity contribution in [3.63, 3.8) is 0 Å². The predicted molar refractivity (Wildman–Crippen MR) is 111 cm³/mol. The van der Waals surface area contributed by atoms with E-state index in [2.05, 4.69) is 46.9 Å². The van der Waals surface area contributed by atoms with E-state index in [1.807, 2.05) is 0 Å². The number of para-hydroxylation sites is 1. The van der Waals surface area contributed by atoms with Gasteiger partial charge in [0.05, 0.1) is 11.4 Å². The zero-order valence-electron chi connectivity index (χ0n) is 16.7. The van der Waals surface area contributed by atoms with Crippen molar-refractivity contribution in [2.45, 2.75) is 24.8 Å². The summed E-state index contributed by atoms with van der Waals surface area (Å²) in [5.41, 5.74) is 4.57. The molecule has 5 heteroatoms. The molecule has 28 heavy (non-hydrogen) atoms. The molecule has 3 heterocycles. The molecule has 2 atom stereocenters. The van der Waals surface area contributed by atoms with Gasteiger partial charge >= 0.3 is 0 Å². The number of likely N-dealkylation sites (N-methyl/N-ethyl adjacent to an activating group) is 1. The van der Waals surface area contributed by atoms with E-state index in [-0.39, 0.29) is 11.4 Å². The predicted octanol–water partition coefficient (Wildman–Crippen LogP) is 3.72. The van der Waals surface area contributed by atoms with Crippen molar-refractivity contribution in [2.75, 3.05) is 56.2 Å². The first-order chi connectivity index (χ1) is 13.6. The lowest BCUT2D eigenvalue weighted by Crippen LogP contribution is -2.57. The summed E-state index contributed by atoms with van der Waals surface area (Å²) in [6.07, 6.45) is 1.17. The summed E-state index contributed by atoms with van der Waals surface area (Å²) in [5, 5.41) is 0. The normalized spacial score (nSPS) is 26.2. The van der Waals surface area contributed by atoms with Crippen LogP contribution in [0.4, 0.5) is 15.8 Å². The first-order valence-corrected chi connectivity index (χ1v) is 10.3. The fourth-order valence-corrected chi connectivity index (χ4v) is 5.31. The number of benzene rings is 2. The highest BCUT2D eigenvalue weighted by Gasteiger charge is 2.52. The van der Waals surface area contributed by atoms with E-state index in [1.165, 1.54) is 35.5 Å². The molecule has 148 valence electrons. The zero-order valence-corrected chi connectivity index (χ0v) is 16.7. The Balaban J connectivity index is 1.30. The van der Waals surface area contributed by atoms with Gasteiger partial charge in [-0.1, -0.05) is 12.1 Å². The average molecular weight is 381 g/mol. The molecule has 3 aliphatic rings. The number of rotatable bonds is 4. The largest absolute Gasteiger partial charge is 0.492 e. The minimum Gasteiger partial charge on any atom is -0.492 e. The van der Waals surface area contributed by atoms with Crippen LogP contribution in [0.3, 0.4) is 0 Å². The highest BCUT2D eigenvalue weighted by Crippen LogP contribution is 2.55. The second kappa shape index (κ2) is 6.66. The molecule has 0 N–H and O–H groups in total. The summed E-state index contributed by atoms with van der Waals surface area (Å²) in [5.74, 6) is 1.04. The van der Waals surface area contributed by atoms with Crippen molar-refractivity contribution in [1.29, 1.82) is 0 Å². The number of hydrogen-bond acceptors (Lipinski definition) is 4. The molecule has 0 radical (unpaired) electrons. The Labute approximate surface area is 166 Å². The summed E-state index contributed by atoms with van der Waals surface area (Å²) in [7, 11) is 2.20. The summed E-state index contributed by atoms with van der Waals surface area (Å²) >= 11 is 0. The van der Waals surface area contributed by atoms with Gasteiger partial charge < -0.3 is 14.5 Å².